The van der Waals surface area contributed by atoms with Crippen molar-refractivity contribution in [2.24, 2.45) is 0 Å². The topological polar surface area (TPSA) is 82.0 Å². The number of hydrogen-bond acceptors (Lipinski definition) is 4. The molecule has 0 atom stereocenters. The van der Waals surface area contributed by atoms with E-state index in [2.05, 4.69) is 4.98 Å². The molecule has 0 unspecified atom stereocenters. The molecule has 0 aliphatic heterocycles. The van der Waals surface area contributed by atoms with Gasteiger partial charge in [0.25, 0.3) is 5.69 Å². The molecule has 0 aliphatic carbocycles. The minimum Gasteiger partial charge on any atom is -0.383 e. The van der Waals surface area contributed by atoms with Crippen molar-refractivity contribution < 1.29 is 4.92 Å². The van der Waals surface area contributed by atoms with E-state index >= 15 is 0 Å². The van der Waals surface area contributed by atoms with Gasteiger partial charge in [-0.15, -0.1) is 11.6 Å². The van der Waals surface area contributed by atoms with Crippen LogP contribution in [0.1, 0.15) is 5.56 Å². The second-order valence-corrected chi connectivity index (χ2v) is 2.40. The van der Waals surface area contributed by atoms with Gasteiger partial charge in [-0.3, -0.25) is 10.1 Å². The second kappa shape index (κ2) is 3.36. The summed E-state index contributed by atoms with van der Waals surface area (Å²) in [5.41, 5.74) is 5.76. The Kier molecular flexibility index (Phi) is 2.44. The van der Waals surface area contributed by atoms with Gasteiger partial charge in [0.05, 0.1) is 10.8 Å². The molecule has 0 fully saturated rings. The van der Waals surface area contributed by atoms with Gasteiger partial charge in [-0.05, 0) is 0 Å². The highest BCUT2D eigenvalue weighted by molar-refractivity contribution is 6.17. The molecule has 0 amide bonds. The van der Waals surface area contributed by atoms with Crippen molar-refractivity contribution in [1.82, 2.24) is 4.98 Å². The number of nitro groups is 1. The summed E-state index contributed by atoms with van der Waals surface area (Å²) in [6, 6.07) is 1.31. The highest BCUT2D eigenvalue weighted by Gasteiger charge is 2.08. The van der Waals surface area contributed by atoms with Gasteiger partial charge in [0.15, 0.2) is 0 Å². The van der Waals surface area contributed by atoms with Gasteiger partial charge >= 0.3 is 0 Å². The van der Waals surface area contributed by atoms with Gasteiger partial charge in [-0.2, -0.15) is 0 Å². The van der Waals surface area contributed by atoms with Crippen molar-refractivity contribution in [3.8, 4) is 0 Å². The quantitative estimate of drug-likeness (QED) is 0.430. The van der Waals surface area contributed by atoms with Crippen LogP contribution in [0.5, 0.6) is 0 Å². The average Bonchev–Trinajstić information content (AvgIpc) is 2.05. The first-order valence-corrected chi connectivity index (χ1v) is 3.63. The van der Waals surface area contributed by atoms with E-state index in [1.54, 1.807) is 0 Å². The van der Waals surface area contributed by atoms with Crippen molar-refractivity contribution in [3.05, 3.63) is 27.9 Å². The summed E-state index contributed by atoms with van der Waals surface area (Å²) < 4.78 is 0. The first kappa shape index (κ1) is 8.73. The SMILES string of the molecule is Nc1ncc([N+](=O)[O-])cc1CCl. The Bertz CT molecular complexity index is 316. The van der Waals surface area contributed by atoms with Crippen molar-refractivity contribution in [2.75, 3.05) is 5.73 Å². The normalized spacial score (nSPS) is 9.75. The number of nitrogen functional groups attached to an aromatic ring is 1. The minimum absolute atomic E-state index is 0.0974. The number of hydrogen-bond donors (Lipinski definition) is 1. The summed E-state index contributed by atoms with van der Waals surface area (Å²) in [5, 5.41) is 10.3. The van der Waals surface area contributed by atoms with Crippen LogP contribution in [0.3, 0.4) is 0 Å². The van der Waals surface area contributed by atoms with Crippen LogP contribution in [0.15, 0.2) is 12.3 Å². The van der Waals surface area contributed by atoms with Crippen LogP contribution in [0, 0.1) is 10.1 Å². The third-order valence-corrected chi connectivity index (χ3v) is 1.63. The van der Waals surface area contributed by atoms with Gasteiger partial charge in [0.1, 0.15) is 12.0 Å². The molecule has 1 heterocycles. The van der Waals surface area contributed by atoms with E-state index in [0.29, 0.717) is 5.56 Å². The van der Waals surface area contributed by atoms with E-state index in [9.17, 15) is 10.1 Å². The predicted octanol–water partition coefficient (Wildman–Crippen LogP) is 1.31. The Hall–Kier alpha value is -1.36. The lowest BCUT2D eigenvalue weighted by Gasteiger charge is -1.98. The molecule has 2 N–H and O–H groups in total. The highest BCUT2D eigenvalue weighted by Crippen LogP contribution is 2.17. The standard InChI is InChI=1S/C6H6ClN3O2/c7-2-4-1-5(10(11)12)3-9-6(4)8/h1,3H,2H2,(H2,8,9). The fraction of sp³-hybridized carbons (Fsp3) is 0.167. The molecule has 1 aromatic rings. The number of rotatable bonds is 2. The summed E-state index contributed by atoms with van der Waals surface area (Å²) >= 11 is 5.47. The van der Waals surface area contributed by atoms with Crippen LogP contribution >= 0.6 is 11.6 Å². The number of halogens is 1. The summed E-state index contributed by atoms with van der Waals surface area (Å²) in [6.07, 6.45) is 1.10. The van der Waals surface area contributed by atoms with E-state index in [1.165, 1.54) is 6.07 Å². The third-order valence-electron chi connectivity index (χ3n) is 1.34. The van der Waals surface area contributed by atoms with Gasteiger partial charge in [-0.25, -0.2) is 4.98 Å². The van der Waals surface area contributed by atoms with E-state index in [1.807, 2.05) is 0 Å². The summed E-state index contributed by atoms with van der Waals surface area (Å²) in [5.74, 6) is 0.358. The van der Waals surface area contributed by atoms with Gasteiger partial charge in [0.2, 0.25) is 0 Å². The van der Waals surface area contributed by atoms with Crippen LogP contribution in [0.2, 0.25) is 0 Å². The smallest absolute Gasteiger partial charge is 0.288 e. The van der Waals surface area contributed by atoms with Crippen LogP contribution in [0.25, 0.3) is 0 Å². The Morgan fingerprint density at radius 1 is 1.75 bits per heavy atom. The number of anilines is 1. The Morgan fingerprint density at radius 2 is 2.42 bits per heavy atom. The van der Waals surface area contributed by atoms with Gasteiger partial charge in [-0.1, -0.05) is 0 Å². The summed E-state index contributed by atoms with van der Waals surface area (Å²) in [4.78, 5) is 13.3. The number of aromatic nitrogens is 1. The molecule has 0 radical (unpaired) electrons. The maximum Gasteiger partial charge on any atom is 0.288 e. The zero-order valence-corrected chi connectivity index (χ0v) is 6.78. The molecular weight excluding hydrogens is 182 g/mol. The molecule has 0 aliphatic rings. The maximum absolute atomic E-state index is 10.3. The summed E-state index contributed by atoms with van der Waals surface area (Å²) in [7, 11) is 0. The van der Waals surface area contributed by atoms with E-state index in [0.717, 1.165) is 6.20 Å². The zero-order valence-electron chi connectivity index (χ0n) is 6.03. The van der Waals surface area contributed by atoms with Crippen LogP contribution in [-0.4, -0.2) is 9.91 Å². The average molecular weight is 188 g/mol. The molecule has 64 valence electrons. The molecule has 0 saturated carbocycles. The Morgan fingerprint density at radius 3 is 2.92 bits per heavy atom. The molecule has 0 aromatic carbocycles. The van der Waals surface area contributed by atoms with Crippen LogP contribution in [-0.2, 0) is 5.88 Å². The lowest BCUT2D eigenvalue weighted by molar-refractivity contribution is -0.385. The molecule has 1 rings (SSSR count). The maximum atomic E-state index is 10.3. The molecule has 6 heteroatoms. The Labute approximate surface area is 73.3 Å². The monoisotopic (exact) mass is 187 g/mol. The van der Waals surface area contributed by atoms with E-state index in [-0.39, 0.29) is 17.4 Å². The first-order chi connectivity index (χ1) is 5.65. The number of nitrogens with zero attached hydrogens (tertiary/aromatic N) is 2. The van der Waals surface area contributed by atoms with Crippen molar-refractivity contribution in [2.45, 2.75) is 5.88 Å². The predicted molar refractivity (Wildman–Crippen MR) is 44.9 cm³/mol. The minimum atomic E-state index is -0.539. The fourth-order valence-electron chi connectivity index (χ4n) is 0.715. The molecular formula is C6H6ClN3O2. The van der Waals surface area contributed by atoms with Gasteiger partial charge < -0.3 is 5.73 Å². The van der Waals surface area contributed by atoms with Crippen LogP contribution in [0.4, 0.5) is 11.5 Å². The largest absolute Gasteiger partial charge is 0.383 e. The lowest BCUT2D eigenvalue weighted by Crippen LogP contribution is -1.98. The number of nitrogens with two attached hydrogens (primary N) is 1. The third kappa shape index (κ3) is 1.62. The first-order valence-electron chi connectivity index (χ1n) is 3.10. The van der Waals surface area contributed by atoms with Gasteiger partial charge in [0, 0.05) is 11.6 Å². The highest BCUT2D eigenvalue weighted by atomic mass is 35.5. The number of alkyl halides is 1. The molecule has 0 bridgehead atoms. The van der Waals surface area contributed by atoms with E-state index in [4.69, 9.17) is 17.3 Å². The fourth-order valence-corrected chi connectivity index (χ4v) is 0.929. The summed E-state index contributed by atoms with van der Waals surface area (Å²) in [6.45, 7) is 0. The van der Waals surface area contributed by atoms with Crippen LogP contribution < -0.4 is 5.73 Å². The van der Waals surface area contributed by atoms with Crippen molar-refractivity contribution >= 4 is 23.1 Å². The number of pyridine rings is 1. The second-order valence-electron chi connectivity index (χ2n) is 2.13. The lowest BCUT2D eigenvalue weighted by atomic mass is 10.3. The van der Waals surface area contributed by atoms with Crippen molar-refractivity contribution in [3.63, 3.8) is 0 Å². The Balaban J connectivity index is 3.13. The zero-order chi connectivity index (χ0) is 9.14. The van der Waals surface area contributed by atoms with E-state index < -0.39 is 4.92 Å². The molecule has 12 heavy (non-hydrogen) atoms. The molecule has 5 nitrogen and oxygen atoms in total. The molecule has 0 spiro atoms. The molecule has 0 saturated heterocycles. The molecule has 1 aromatic heterocycles. The van der Waals surface area contributed by atoms with Crippen molar-refractivity contribution in [1.29, 1.82) is 0 Å².